The van der Waals surface area contributed by atoms with Crippen molar-refractivity contribution in [1.29, 1.82) is 0 Å². The van der Waals surface area contributed by atoms with Crippen LogP contribution in [-0.2, 0) is 4.79 Å². The molecule has 0 saturated heterocycles. The normalized spacial score (nSPS) is 13.2. The summed E-state index contributed by atoms with van der Waals surface area (Å²) in [4.78, 5) is 10.9. The van der Waals surface area contributed by atoms with Gasteiger partial charge in [0.05, 0.1) is 0 Å². The molecule has 1 aromatic rings. The summed E-state index contributed by atoms with van der Waals surface area (Å²) >= 11 is 5.57. The van der Waals surface area contributed by atoms with Gasteiger partial charge in [0.25, 0.3) is 0 Å². The Hall–Kier alpha value is -1.49. The highest BCUT2D eigenvalue weighted by Crippen LogP contribution is 2.36. The first-order valence-electron chi connectivity index (χ1n) is 4.47. The summed E-state index contributed by atoms with van der Waals surface area (Å²) < 4.78 is 37.3. The van der Waals surface area contributed by atoms with E-state index in [2.05, 4.69) is 6.58 Å². The molecule has 17 heavy (non-hydrogen) atoms. The monoisotopic (exact) mass is 264 g/mol. The Bertz CT molecular complexity index is 437. The van der Waals surface area contributed by atoms with Crippen molar-refractivity contribution in [3.05, 3.63) is 47.0 Å². The first-order valence-corrected chi connectivity index (χ1v) is 4.85. The topological polar surface area (TPSA) is 37.3 Å². The Morgan fingerprint density at radius 2 is 1.76 bits per heavy atom. The third kappa shape index (κ3) is 3.23. The van der Waals surface area contributed by atoms with Crippen LogP contribution in [0.15, 0.2) is 36.4 Å². The molecule has 0 bridgehead atoms. The number of aliphatic carboxylic acids is 1. The highest BCUT2D eigenvalue weighted by atomic mass is 35.5. The van der Waals surface area contributed by atoms with Crippen LogP contribution in [0.3, 0.4) is 0 Å². The van der Waals surface area contributed by atoms with Crippen LogP contribution in [-0.4, -0.2) is 17.3 Å². The van der Waals surface area contributed by atoms with E-state index in [0.29, 0.717) is 5.02 Å². The molecule has 92 valence electrons. The second-order valence-corrected chi connectivity index (χ2v) is 3.78. The molecule has 0 saturated carbocycles. The third-order valence-electron chi connectivity index (χ3n) is 2.16. The maximum Gasteiger partial charge on any atom is 0.413 e. The zero-order chi connectivity index (χ0) is 13.2. The maximum absolute atomic E-state index is 12.4. The molecule has 0 radical (unpaired) electrons. The Labute approximate surface area is 100 Å². The second-order valence-electron chi connectivity index (χ2n) is 3.35. The Morgan fingerprint density at radius 3 is 2.12 bits per heavy atom. The number of hydrogen-bond acceptors (Lipinski definition) is 1. The smallest absolute Gasteiger partial charge is 0.413 e. The number of carbonyl (C=O) groups is 1. The van der Waals surface area contributed by atoms with Gasteiger partial charge in [-0.25, -0.2) is 0 Å². The molecule has 0 spiro atoms. The van der Waals surface area contributed by atoms with Crippen LogP contribution < -0.4 is 0 Å². The lowest BCUT2D eigenvalue weighted by molar-refractivity contribution is -0.142. The second kappa shape index (κ2) is 4.79. The molecule has 0 aliphatic heterocycles. The average Bonchev–Trinajstić information content (AvgIpc) is 2.19. The minimum Gasteiger partial charge on any atom is -0.481 e. The molecule has 1 aromatic carbocycles. The van der Waals surface area contributed by atoms with E-state index in [1.54, 1.807) is 0 Å². The Morgan fingerprint density at radius 1 is 1.29 bits per heavy atom. The molecule has 1 unspecified atom stereocenters. The largest absolute Gasteiger partial charge is 0.481 e. The highest BCUT2D eigenvalue weighted by molar-refractivity contribution is 6.30. The van der Waals surface area contributed by atoms with Crippen LogP contribution in [0.1, 0.15) is 11.5 Å². The molecular formula is C11H8ClF3O2. The molecule has 1 rings (SSSR count). The fourth-order valence-corrected chi connectivity index (χ4v) is 1.44. The summed E-state index contributed by atoms with van der Waals surface area (Å²) in [5, 5.41) is 9.15. The quantitative estimate of drug-likeness (QED) is 0.847. The Kier molecular flexibility index (Phi) is 3.83. The summed E-state index contributed by atoms with van der Waals surface area (Å²) in [5.41, 5.74) is -1.32. The lowest BCUT2D eigenvalue weighted by atomic mass is 9.92. The zero-order valence-electron chi connectivity index (χ0n) is 8.46. The first-order chi connectivity index (χ1) is 7.73. The number of halogens is 4. The Balaban J connectivity index is 3.15. The predicted octanol–water partition coefficient (Wildman–Crippen LogP) is 3.63. The maximum atomic E-state index is 12.4. The summed E-state index contributed by atoms with van der Waals surface area (Å²) in [6.07, 6.45) is -4.75. The summed E-state index contributed by atoms with van der Waals surface area (Å²) in [7, 11) is 0. The van der Waals surface area contributed by atoms with Gasteiger partial charge in [0.15, 0.2) is 0 Å². The fraction of sp³-hybridized carbons (Fsp3) is 0.182. The van der Waals surface area contributed by atoms with Gasteiger partial charge >= 0.3 is 12.1 Å². The van der Waals surface area contributed by atoms with E-state index >= 15 is 0 Å². The van der Waals surface area contributed by atoms with Crippen molar-refractivity contribution >= 4 is 17.6 Å². The van der Waals surface area contributed by atoms with Crippen molar-refractivity contribution in [2.75, 3.05) is 0 Å². The SMILES string of the molecule is C=C(C(C(=O)O)c1ccc(Cl)cc1)C(F)(F)F. The van der Waals surface area contributed by atoms with Gasteiger partial charge in [0.1, 0.15) is 5.92 Å². The van der Waals surface area contributed by atoms with Gasteiger partial charge in [-0.05, 0) is 17.7 Å². The molecular weight excluding hydrogens is 257 g/mol. The van der Waals surface area contributed by atoms with Crippen LogP contribution in [0.5, 0.6) is 0 Å². The molecule has 0 heterocycles. The van der Waals surface area contributed by atoms with Crippen molar-refractivity contribution in [3.8, 4) is 0 Å². The molecule has 1 atom stereocenters. The number of hydrogen-bond donors (Lipinski definition) is 1. The number of carboxylic acids is 1. The number of alkyl halides is 3. The van der Waals surface area contributed by atoms with Crippen LogP contribution >= 0.6 is 11.6 Å². The molecule has 0 aliphatic carbocycles. The average molecular weight is 265 g/mol. The molecule has 0 amide bonds. The minimum absolute atomic E-state index is 0.00998. The molecule has 0 fully saturated rings. The van der Waals surface area contributed by atoms with Gasteiger partial charge in [0, 0.05) is 10.6 Å². The lowest BCUT2D eigenvalue weighted by Crippen LogP contribution is -2.23. The summed E-state index contributed by atoms with van der Waals surface area (Å²) in [5.74, 6) is -3.41. The van der Waals surface area contributed by atoms with Crippen molar-refractivity contribution in [2.24, 2.45) is 0 Å². The van der Waals surface area contributed by atoms with Crippen LogP contribution in [0.2, 0.25) is 5.02 Å². The van der Waals surface area contributed by atoms with E-state index in [4.69, 9.17) is 16.7 Å². The standard InChI is InChI=1S/C11H8ClF3O2/c1-6(11(13,14)15)9(10(16)17)7-2-4-8(12)5-3-7/h2-5,9H,1H2,(H,16,17). The van der Waals surface area contributed by atoms with E-state index in [-0.39, 0.29) is 5.56 Å². The predicted molar refractivity (Wildman–Crippen MR) is 57.0 cm³/mol. The summed E-state index contributed by atoms with van der Waals surface area (Å²) in [6.45, 7) is 2.81. The van der Waals surface area contributed by atoms with Gasteiger partial charge in [-0.3, -0.25) is 4.79 Å². The molecule has 1 N–H and O–H groups in total. The van der Waals surface area contributed by atoms with Gasteiger partial charge in [-0.15, -0.1) is 0 Å². The van der Waals surface area contributed by atoms with E-state index in [9.17, 15) is 18.0 Å². The van der Waals surface area contributed by atoms with E-state index in [1.165, 1.54) is 24.3 Å². The number of rotatable bonds is 3. The molecule has 2 nitrogen and oxygen atoms in total. The fourth-order valence-electron chi connectivity index (χ4n) is 1.31. The van der Waals surface area contributed by atoms with Gasteiger partial charge in [-0.1, -0.05) is 30.3 Å². The van der Waals surface area contributed by atoms with Crippen molar-refractivity contribution < 1.29 is 23.1 Å². The van der Waals surface area contributed by atoms with Crippen LogP contribution in [0, 0.1) is 0 Å². The molecule has 6 heteroatoms. The van der Waals surface area contributed by atoms with Gasteiger partial charge in [-0.2, -0.15) is 13.2 Å². The molecule has 0 aromatic heterocycles. The summed E-state index contributed by atoms with van der Waals surface area (Å²) in [6, 6.07) is 5.13. The van der Waals surface area contributed by atoms with E-state index < -0.39 is 23.6 Å². The molecule has 0 aliphatic rings. The van der Waals surface area contributed by atoms with Crippen molar-refractivity contribution in [1.82, 2.24) is 0 Å². The lowest BCUT2D eigenvalue weighted by Gasteiger charge is -2.18. The van der Waals surface area contributed by atoms with Gasteiger partial charge < -0.3 is 5.11 Å². The number of benzene rings is 1. The number of carboxylic acid groups (broad SMARTS) is 1. The van der Waals surface area contributed by atoms with Gasteiger partial charge in [0.2, 0.25) is 0 Å². The van der Waals surface area contributed by atoms with Crippen LogP contribution in [0.4, 0.5) is 13.2 Å². The third-order valence-corrected chi connectivity index (χ3v) is 2.41. The van der Waals surface area contributed by atoms with Crippen LogP contribution in [0.25, 0.3) is 0 Å². The van der Waals surface area contributed by atoms with E-state index in [1.807, 2.05) is 0 Å². The minimum atomic E-state index is -4.75. The van der Waals surface area contributed by atoms with E-state index in [0.717, 1.165) is 0 Å². The van der Waals surface area contributed by atoms with Crippen molar-refractivity contribution in [2.45, 2.75) is 12.1 Å². The first kappa shape index (κ1) is 13.6. The zero-order valence-corrected chi connectivity index (χ0v) is 9.22. The van der Waals surface area contributed by atoms with Crippen molar-refractivity contribution in [3.63, 3.8) is 0 Å². The highest BCUT2D eigenvalue weighted by Gasteiger charge is 2.40.